The Labute approximate surface area is 238 Å². The molecule has 1 fully saturated rings. The summed E-state index contributed by atoms with van der Waals surface area (Å²) in [6, 6.07) is 23.3. The van der Waals surface area contributed by atoms with Crippen molar-refractivity contribution in [3.8, 4) is 5.75 Å². The minimum absolute atomic E-state index is 0.148. The van der Waals surface area contributed by atoms with Crippen LogP contribution in [0.5, 0.6) is 5.75 Å². The summed E-state index contributed by atoms with van der Waals surface area (Å²) < 4.78 is 5.95. The molecule has 1 amide bonds. The van der Waals surface area contributed by atoms with Crippen LogP contribution in [0.25, 0.3) is 0 Å². The number of carboxylic acid groups (broad SMARTS) is 1. The number of carbonyl (C=O) groups is 2. The standard InChI is InChI=1S/C34H42N2O4/c1-4-20-40-31-15-10-26(22-28(33(38)39)21-25-8-6-5-7-9-25)23-29(31)24-35-32(37)27-11-13-30(14-12-27)36-18-16-34(2,3)17-19-36/h5-15,23,28H,4,16-22,24H2,1-3H3,(H,35,37)(H,38,39)/t28-/m1/s1. The quantitative estimate of drug-likeness (QED) is 0.273. The third kappa shape index (κ3) is 8.10. The Morgan fingerprint density at radius 3 is 2.27 bits per heavy atom. The van der Waals surface area contributed by atoms with Crippen LogP contribution >= 0.6 is 0 Å². The molecule has 0 bridgehead atoms. The van der Waals surface area contributed by atoms with E-state index in [1.165, 1.54) is 0 Å². The van der Waals surface area contributed by atoms with Crippen LogP contribution in [0, 0.1) is 11.3 Å². The van der Waals surface area contributed by atoms with E-state index in [1.807, 2.05) is 79.7 Å². The highest BCUT2D eigenvalue weighted by atomic mass is 16.5. The van der Waals surface area contributed by atoms with Crippen molar-refractivity contribution in [1.82, 2.24) is 5.32 Å². The maximum absolute atomic E-state index is 13.0. The van der Waals surface area contributed by atoms with Crippen LogP contribution in [0.3, 0.4) is 0 Å². The summed E-state index contributed by atoms with van der Waals surface area (Å²) in [7, 11) is 0. The van der Waals surface area contributed by atoms with Gasteiger partial charge in [0.25, 0.3) is 5.91 Å². The number of piperidine rings is 1. The Morgan fingerprint density at radius 1 is 0.950 bits per heavy atom. The molecule has 4 rings (SSSR count). The van der Waals surface area contributed by atoms with Crippen LogP contribution in [-0.2, 0) is 24.2 Å². The molecule has 3 aromatic rings. The van der Waals surface area contributed by atoms with Crippen LogP contribution < -0.4 is 15.0 Å². The second kappa shape index (κ2) is 13.5. The number of nitrogens with zero attached hydrogens (tertiary/aromatic N) is 1. The maximum Gasteiger partial charge on any atom is 0.307 e. The third-order valence-corrected chi connectivity index (χ3v) is 7.79. The zero-order valence-electron chi connectivity index (χ0n) is 24.0. The lowest BCUT2D eigenvalue weighted by Gasteiger charge is -2.38. The number of amides is 1. The number of benzene rings is 3. The lowest BCUT2D eigenvalue weighted by molar-refractivity contribution is -0.141. The second-order valence-electron chi connectivity index (χ2n) is 11.6. The van der Waals surface area contributed by atoms with Crippen LogP contribution in [0.2, 0.25) is 0 Å². The molecule has 212 valence electrons. The molecule has 0 spiro atoms. The Bertz CT molecular complexity index is 1260. The van der Waals surface area contributed by atoms with E-state index in [1.54, 1.807) is 0 Å². The average molecular weight is 543 g/mol. The van der Waals surface area contributed by atoms with Gasteiger partial charge in [0.2, 0.25) is 0 Å². The minimum Gasteiger partial charge on any atom is -0.493 e. The molecule has 6 heteroatoms. The number of rotatable bonds is 12. The van der Waals surface area contributed by atoms with Crippen LogP contribution in [0.4, 0.5) is 5.69 Å². The highest BCUT2D eigenvalue weighted by Crippen LogP contribution is 2.32. The summed E-state index contributed by atoms with van der Waals surface area (Å²) in [4.78, 5) is 27.5. The predicted octanol–water partition coefficient (Wildman–Crippen LogP) is 6.52. The van der Waals surface area contributed by atoms with Gasteiger partial charge in [-0.05, 0) is 79.0 Å². The SMILES string of the molecule is CCCOc1ccc(C[C@@H](Cc2ccccc2)C(=O)O)cc1CNC(=O)c1ccc(N2CCC(C)(C)CC2)cc1. The Balaban J connectivity index is 1.42. The number of hydrogen-bond donors (Lipinski definition) is 2. The summed E-state index contributed by atoms with van der Waals surface area (Å²) in [5.41, 5.74) is 4.91. The van der Waals surface area contributed by atoms with Crippen molar-refractivity contribution in [3.05, 3.63) is 95.1 Å². The van der Waals surface area contributed by atoms with Crippen molar-refractivity contribution in [2.45, 2.75) is 59.4 Å². The maximum atomic E-state index is 13.0. The number of carbonyl (C=O) groups excluding carboxylic acids is 1. The zero-order valence-corrected chi connectivity index (χ0v) is 24.0. The van der Waals surface area contributed by atoms with Crippen molar-refractivity contribution >= 4 is 17.6 Å². The number of nitrogens with one attached hydrogen (secondary N) is 1. The molecule has 0 saturated carbocycles. The van der Waals surface area contributed by atoms with E-state index in [0.717, 1.165) is 54.7 Å². The van der Waals surface area contributed by atoms with Crippen molar-refractivity contribution < 1.29 is 19.4 Å². The van der Waals surface area contributed by atoms with Crippen LogP contribution in [-0.4, -0.2) is 36.7 Å². The Kier molecular flexibility index (Phi) is 9.86. The number of carboxylic acids is 1. The Morgan fingerprint density at radius 2 is 1.62 bits per heavy atom. The molecule has 3 aromatic carbocycles. The minimum atomic E-state index is -0.818. The van der Waals surface area contributed by atoms with Gasteiger partial charge in [-0.2, -0.15) is 0 Å². The molecule has 0 radical (unpaired) electrons. The summed E-state index contributed by atoms with van der Waals surface area (Å²) in [6.45, 7) is 9.62. The molecule has 0 aliphatic carbocycles. The second-order valence-corrected chi connectivity index (χ2v) is 11.6. The fraction of sp³-hybridized carbons (Fsp3) is 0.412. The first kappa shape index (κ1) is 29.2. The highest BCUT2D eigenvalue weighted by molar-refractivity contribution is 5.94. The molecule has 2 N–H and O–H groups in total. The fourth-order valence-electron chi connectivity index (χ4n) is 5.15. The first-order valence-electron chi connectivity index (χ1n) is 14.4. The lowest BCUT2D eigenvalue weighted by Crippen LogP contribution is -2.37. The molecule has 1 aliphatic rings. The van der Waals surface area contributed by atoms with E-state index in [-0.39, 0.29) is 5.91 Å². The fourth-order valence-corrected chi connectivity index (χ4v) is 5.15. The van der Waals surface area contributed by atoms with Gasteiger partial charge in [0, 0.05) is 36.4 Å². The molecule has 1 saturated heterocycles. The monoisotopic (exact) mass is 542 g/mol. The van der Waals surface area contributed by atoms with Gasteiger partial charge in [0.1, 0.15) is 5.75 Å². The van der Waals surface area contributed by atoms with Gasteiger partial charge in [0.05, 0.1) is 12.5 Å². The van der Waals surface area contributed by atoms with Crippen molar-refractivity contribution in [1.29, 1.82) is 0 Å². The molecule has 6 nitrogen and oxygen atoms in total. The predicted molar refractivity (Wildman–Crippen MR) is 160 cm³/mol. The molecular weight excluding hydrogens is 500 g/mol. The number of ether oxygens (including phenoxy) is 1. The van der Waals surface area contributed by atoms with E-state index in [9.17, 15) is 14.7 Å². The summed E-state index contributed by atoms with van der Waals surface area (Å²) in [5.74, 6) is -0.798. The Hall–Kier alpha value is -3.80. The van der Waals surface area contributed by atoms with E-state index in [0.29, 0.717) is 42.7 Å². The highest BCUT2D eigenvalue weighted by Gasteiger charge is 2.25. The van der Waals surface area contributed by atoms with Gasteiger partial charge in [0.15, 0.2) is 0 Å². The van der Waals surface area contributed by atoms with E-state index >= 15 is 0 Å². The van der Waals surface area contributed by atoms with E-state index in [2.05, 4.69) is 24.1 Å². The number of anilines is 1. The molecular formula is C34H42N2O4. The first-order chi connectivity index (χ1) is 19.2. The van der Waals surface area contributed by atoms with E-state index in [4.69, 9.17) is 4.74 Å². The summed E-state index contributed by atoms with van der Waals surface area (Å²) >= 11 is 0. The topological polar surface area (TPSA) is 78.9 Å². The molecule has 40 heavy (non-hydrogen) atoms. The zero-order chi connectivity index (χ0) is 28.5. The average Bonchev–Trinajstić information content (AvgIpc) is 2.95. The van der Waals surface area contributed by atoms with Crippen LogP contribution in [0.1, 0.15) is 67.1 Å². The van der Waals surface area contributed by atoms with Gasteiger partial charge in [-0.25, -0.2) is 0 Å². The first-order valence-corrected chi connectivity index (χ1v) is 14.4. The van der Waals surface area contributed by atoms with Gasteiger partial charge in [-0.1, -0.05) is 63.2 Å². The molecule has 1 heterocycles. The molecule has 0 aromatic heterocycles. The third-order valence-electron chi connectivity index (χ3n) is 7.79. The van der Waals surface area contributed by atoms with Gasteiger partial charge >= 0.3 is 5.97 Å². The van der Waals surface area contributed by atoms with Gasteiger partial charge in [-0.3, -0.25) is 9.59 Å². The van der Waals surface area contributed by atoms with Gasteiger partial charge in [-0.15, -0.1) is 0 Å². The van der Waals surface area contributed by atoms with Crippen molar-refractivity contribution in [2.24, 2.45) is 11.3 Å². The summed E-state index contributed by atoms with van der Waals surface area (Å²) in [6.07, 6.45) is 4.05. The number of hydrogen-bond acceptors (Lipinski definition) is 4. The summed E-state index contributed by atoms with van der Waals surface area (Å²) in [5, 5.41) is 12.9. The normalized spacial score (nSPS) is 15.3. The van der Waals surface area contributed by atoms with Crippen molar-refractivity contribution in [3.63, 3.8) is 0 Å². The van der Waals surface area contributed by atoms with Crippen LogP contribution in [0.15, 0.2) is 72.8 Å². The molecule has 1 aliphatic heterocycles. The lowest BCUT2D eigenvalue weighted by atomic mass is 9.82. The van der Waals surface area contributed by atoms with Crippen molar-refractivity contribution in [2.75, 3.05) is 24.6 Å². The molecule has 1 atom stereocenters. The largest absolute Gasteiger partial charge is 0.493 e. The van der Waals surface area contributed by atoms with Gasteiger partial charge < -0.3 is 20.1 Å². The number of aliphatic carboxylic acids is 1. The molecule has 0 unspecified atom stereocenters. The smallest absolute Gasteiger partial charge is 0.307 e. The van der Waals surface area contributed by atoms with E-state index < -0.39 is 11.9 Å².